The maximum absolute atomic E-state index is 13.6. The highest BCUT2D eigenvalue weighted by Gasteiger charge is 2.34. The van der Waals surface area contributed by atoms with Gasteiger partial charge < -0.3 is 16.0 Å². The second-order valence-electron chi connectivity index (χ2n) is 8.15. The fraction of sp³-hybridized carbons (Fsp3) is 0.217. The fourth-order valence-electron chi connectivity index (χ4n) is 3.68. The summed E-state index contributed by atoms with van der Waals surface area (Å²) in [5.74, 6) is 0.575. The summed E-state index contributed by atoms with van der Waals surface area (Å²) < 4.78 is 42.5. The van der Waals surface area contributed by atoms with Crippen LogP contribution in [0.5, 0.6) is 0 Å². The van der Waals surface area contributed by atoms with E-state index in [4.69, 9.17) is 5.26 Å². The minimum absolute atomic E-state index is 0.0953. The third-order valence-electron chi connectivity index (χ3n) is 5.50. The Balaban J connectivity index is 1.59. The number of benzene rings is 1. The first-order chi connectivity index (χ1) is 16.2. The van der Waals surface area contributed by atoms with Gasteiger partial charge in [0.05, 0.1) is 35.5 Å². The largest absolute Gasteiger partial charge is 0.418 e. The number of fused-ring (bicyclic) bond motifs is 1. The number of aromatic nitrogens is 3. The number of rotatable bonds is 5. The molecule has 1 aliphatic heterocycles. The van der Waals surface area contributed by atoms with Gasteiger partial charge in [0.1, 0.15) is 11.6 Å². The zero-order valence-corrected chi connectivity index (χ0v) is 17.7. The molecule has 2 aromatic heterocycles. The van der Waals surface area contributed by atoms with E-state index in [1.165, 1.54) is 12.1 Å². The van der Waals surface area contributed by atoms with Crippen molar-refractivity contribution in [1.29, 1.82) is 5.26 Å². The van der Waals surface area contributed by atoms with Gasteiger partial charge in [-0.3, -0.25) is 4.79 Å². The first-order valence-corrected chi connectivity index (χ1v) is 10.4. The molecule has 1 aliphatic carbocycles. The van der Waals surface area contributed by atoms with E-state index in [2.05, 4.69) is 32.6 Å². The highest BCUT2D eigenvalue weighted by molar-refractivity contribution is 5.89. The Morgan fingerprint density at radius 2 is 2.09 bits per heavy atom. The molecule has 3 heterocycles. The van der Waals surface area contributed by atoms with E-state index in [-0.39, 0.29) is 35.4 Å². The number of allylic oxidation sites excluding steroid dienone is 1. The van der Waals surface area contributed by atoms with Crippen LogP contribution in [0.15, 0.2) is 48.3 Å². The molecule has 3 aromatic rings. The SMILES string of the molecule is C=C1NC(=O)C/C1=C\c1cnn2c(NC3CC3)cc(Nc3ccc(C#N)cc3C(F)(F)F)nc12. The number of carbonyl (C=O) groups excluding carboxylic acids is 1. The summed E-state index contributed by atoms with van der Waals surface area (Å²) in [6, 6.07) is 6.89. The van der Waals surface area contributed by atoms with Gasteiger partial charge in [-0.2, -0.15) is 28.0 Å². The summed E-state index contributed by atoms with van der Waals surface area (Å²) in [5, 5.41) is 22.1. The number of nitrogens with zero attached hydrogens (tertiary/aromatic N) is 4. The Kier molecular flexibility index (Phi) is 5.01. The third-order valence-corrected chi connectivity index (χ3v) is 5.50. The second kappa shape index (κ2) is 7.91. The molecule has 1 saturated heterocycles. The Hall–Kier alpha value is -4.33. The first kappa shape index (κ1) is 21.5. The molecule has 1 aromatic carbocycles. The Morgan fingerprint density at radius 3 is 2.74 bits per heavy atom. The Bertz CT molecular complexity index is 1410. The molecule has 172 valence electrons. The summed E-state index contributed by atoms with van der Waals surface area (Å²) in [7, 11) is 0. The minimum atomic E-state index is -4.66. The lowest BCUT2D eigenvalue weighted by Gasteiger charge is -2.16. The molecule has 1 amide bonds. The van der Waals surface area contributed by atoms with Crippen LogP contribution in [0.3, 0.4) is 0 Å². The quantitative estimate of drug-likeness (QED) is 0.517. The maximum Gasteiger partial charge on any atom is 0.418 e. The van der Waals surface area contributed by atoms with E-state index in [1.807, 2.05) is 0 Å². The average Bonchev–Trinajstić information content (AvgIpc) is 3.42. The second-order valence-corrected chi connectivity index (χ2v) is 8.15. The van der Waals surface area contributed by atoms with Crippen LogP contribution >= 0.6 is 0 Å². The lowest BCUT2D eigenvalue weighted by Crippen LogP contribution is -2.12. The number of anilines is 3. The highest BCUT2D eigenvalue weighted by atomic mass is 19.4. The molecule has 0 bridgehead atoms. The smallest absolute Gasteiger partial charge is 0.367 e. The molecule has 3 N–H and O–H groups in total. The number of nitriles is 1. The number of hydrogen-bond donors (Lipinski definition) is 3. The van der Waals surface area contributed by atoms with E-state index < -0.39 is 11.7 Å². The van der Waals surface area contributed by atoms with E-state index in [1.54, 1.807) is 28.9 Å². The van der Waals surface area contributed by atoms with Gasteiger partial charge in [0, 0.05) is 23.4 Å². The molecule has 34 heavy (non-hydrogen) atoms. The van der Waals surface area contributed by atoms with E-state index >= 15 is 0 Å². The zero-order chi connectivity index (χ0) is 24.0. The summed E-state index contributed by atoms with van der Waals surface area (Å²) >= 11 is 0. The monoisotopic (exact) mass is 465 g/mol. The summed E-state index contributed by atoms with van der Waals surface area (Å²) in [6.07, 6.45) is 0.780. The van der Waals surface area contributed by atoms with Crippen molar-refractivity contribution in [3.8, 4) is 6.07 Å². The number of nitrogens with one attached hydrogen (secondary N) is 3. The van der Waals surface area contributed by atoms with Crippen LogP contribution in [0.4, 0.5) is 30.5 Å². The number of hydrogen-bond acceptors (Lipinski definition) is 6. The molecule has 0 spiro atoms. The van der Waals surface area contributed by atoms with Gasteiger partial charge in [-0.25, -0.2) is 4.98 Å². The summed E-state index contributed by atoms with van der Waals surface area (Å²) in [4.78, 5) is 16.2. The normalized spacial score (nSPS) is 17.2. The average molecular weight is 465 g/mol. The molecule has 2 fully saturated rings. The Labute approximate surface area is 191 Å². The van der Waals surface area contributed by atoms with Crippen molar-refractivity contribution in [1.82, 2.24) is 19.9 Å². The molecule has 11 heteroatoms. The molecule has 1 saturated carbocycles. The number of halogens is 3. The lowest BCUT2D eigenvalue weighted by molar-refractivity contribution is -0.137. The topological polar surface area (TPSA) is 107 Å². The molecule has 0 unspecified atom stereocenters. The van der Waals surface area contributed by atoms with Gasteiger partial charge in [0.2, 0.25) is 5.91 Å². The van der Waals surface area contributed by atoms with E-state index in [0.717, 1.165) is 18.9 Å². The van der Waals surface area contributed by atoms with Gasteiger partial charge in [-0.05, 0) is 42.7 Å². The van der Waals surface area contributed by atoms with Crippen LogP contribution in [0, 0.1) is 11.3 Å². The first-order valence-electron chi connectivity index (χ1n) is 10.4. The molecule has 0 radical (unpaired) electrons. The number of amides is 1. The minimum Gasteiger partial charge on any atom is -0.367 e. The van der Waals surface area contributed by atoms with Gasteiger partial charge >= 0.3 is 6.18 Å². The molecular formula is C23H18F3N7O. The third kappa shape index (κ3) is 4.17. The standard InChI is InChI=1S/C23H18F3N7O/c1-12-14(8-21(34)29-12)7-15-11-28-33-20(30-16-3-4-16)9-19(32-22(15)33)31-18-5-2-13(10-27)6-17(18)23(24,25)26/h2,5-7,9,11,16,30H,1,3-4,8H2,(H,29,34)(H,31,32)/b14-7+. The number of carbonyl (C=O) groups is 1. The molecule has 8 nitrogen and oxygen atoms in total. The molecule has 0 atom stereocenters. The van der Waals surface area contributed by atoms with Gasteiger partial charge in [0.15, 0.2) is 5.65 Å². The van der Waals surface area contributed by atoms with Crippen molar-refractivity contribution >= 4 is 35.0 Å². The predicted molar refractivity (Wildman–Crippen MR) is 119 cm³/mol. The van der Waals surface area contributed by atoms with Crippen molar-refractivity contribution in [2.75, 3.05) is 10.6 Å². The predicted octanol–water partition coefficient (Wildman–Crippen LogP) is 4.35. The van der Waals surface area contributed by atoms with E-state index in [0.29, 0.717) is 28.3 Å². The summed E-state index contributed by atoms with van der Waals surface area (Å²) in [6.45, 7) is 3.83. The number of alkyl halides is 3. The van der Waals surface area contributed by atoms with Crippen LogP contribution in [0.1, 0.15) is 36.0 Å². The van der Waals surface area contributed by atoms with Gasteiger partial charge in [-0.15, -0.1) is 0 Å². The molecular weight excluding hydrogens is 447 g/mol. The maximum atomic E-state index is 13.6. The van der Waals surface area contributed by atoms with Crippen LogP contribution < -0.4 is 16.0 Å². The lowest BCUT2D eigenvalue weighted by atomic mass is 10.1. The van der Waals surface area contributed by atoms with Crippen LogP contribution in [0.2, 0.25) is 0 Å². The Morgan fingerprint density at radius 1 is 1.29 bits per heavy atom. The van der Waals surface area contributed by atoms with Gasteiger partial charge in [-0.1, -0.05) is 6.58 Å². The van der Waals surface area contributed by atoms with Crippen molar-refractivity contribution in [3.05, 3.63) is 65.0 Å². The fourth-order valence-corrected chi connectivity index (χ4v) is 3.68. The van der Waals surface area contributed by atoms with Crippen molar-refractivity contribution in [2.45, 2.75) is 31.5 Å². The zero-order valence-electron chi connectivity index (χ0n) is 17.7. The van der Waals surface area contributed by atoms with Crippen molar-refractivity contribution in [2.24, 2.45) is 0 Å². The van der Waals surface area contributed by atoms with Gasteiger partial charge in [0.25, 0.3) is 0 Å². The van der Waals surface area contributed by atoms with Crippen molar-refractivity contribution in [3.63, 3.8) is 0 Å². The van der Waals surface area contributed by atoms with Crippen LogP contribution in [-0.4, -0.2) is 26.5 Å². The van der Waals surface area contributed by atoms with Crippen LogP contribution in [-0.2, 0) is 11.0 Å². The highest BCUT2D eigenvalue weighted by Crippen LogP contribution is 2.37. The van der Waals surface area contributed by atoms with Crippen molar-refractivity contribution < 1.29 is 18.0 Å². The molecule has 5 rings (SSSR count). The van der Waals surface area contributed by atoms with Crippen LogP contribution in [0.25, 0.3) is 11.7 Å². The van der Waals surface area contributed by atoms with E-state index in [9.17, 15) is 18.0 Å². The molecule has 2 aliphatic rings. The summed E-state index contributed by atoms with van der Waals surface area (Å²) in [5.41, 5.74) is 0.875.